The van der Waals surface area contributed by atoms with Gasteiger partial charge in [0.1, 0.15) is 17.3 Å². The molecule has 4 nitrogen and oxygen atoms in total. The normalized spacial score (nSPS) is 11.1. The largest absolute Gasteiger partial charge is 0.465 e. The van der Waals surface area contributed by atoms with E-state index < -0.39 is 11.4 Å². The second-order valence-electron chi connectivity index (χ2n) is 5.52. The van der Waals surface area contributed by atoms with Crippen molar-refractivity contribution in [1.82, 2.24) is 0 Å². The van der Waals surface area contributed by atoms with Crippen LogP contribution >= 0.6 is 0 Å². The zero-order valence-corrected chi connectivity index (χ0v) is 13.2. The van der Waals surface area contributed by atoms with Crippen molar-refractivity contribution >= 4 is 5.69 Å². The molecular weight excluding hydrogens is 261 g/mol. The number of benzene rings is 1. The third-order valence-corrected chi connectivity index (χ3v) is 2.98. The molecule has 0 saturated heterocycles. The summed E-state index contributed by atoms with van der Waals surface area (Å²) in [6.07, 6.45) is 0. The SMILES string of the molecule is CC(C)C(C)(C)O.COCOc1cc(C)cc(F)c1N. The van der Waals surface area contributed by atoms with E-state index in [1.54, 1.807) is 13.0 Å². The van der Waals surface area contributed by atoms with E-state index in [1.165, 1.54) is 13.2 Å². The van der Waals surface area contributed by atoms with Gasteiger partial charge < -0.3 is 20.3 Å². The lowest BCUT2D eigenvalue weighted by Crippen LogP contribution is -2.25. The van der Waals surface area contributed by atoms with Gasteiger partial charge in [-0.3, -0.25) is 0 Å². The second-order valence-corrected chi connectivity index (χ2v) is 5.52. The molecule has 0 bridgehead atoms. The molecule has 0 aromatic heterocycles. The average Bonchev–Trinajstić information content (AvgIpc) is 2.31. The maximum Gasteiger partial charge on any atom is 0.188 e. The molecule has 1 rings (SSSR count). The number of nitrogens with two attached hydrogens (primary N) is 1. The lowest BCUT2D eigenvalue weighted by molar-refractivity contribution is 0.0327. The van der Waals surface area contributed by atoms with Gasteiger partial charge in [-0.1, -0.05) is 13.8 Å². The number of halogens is 1. The monoisotopic (exact) mass is 287 g/mol. The van der Waals surface area contributed by atoms with Crippen molar-refractivity contribution in [2.75, 3.05) is 19.6 Å². The fraction of sp³-hybridized carbons (Fsp3) is 0.600. The minimum atomic E-state index is -0.500. The summed E-state index contributed by atoms with van der Waals surface area (Å²) in [5, 5.41) is 9.09. The lowest BCUT2D eigenvalue weighted by Gasteiger charge is -2.21. The van der Waals surface area contributed by atoms with Gasteiger partial charge in [0, 0.05) is 7.11 Å². The molecule has 0 aliphatic heterocycles. The summed E-state index contributed by atoms with van der Waals surface area (Å²) >= 11 is 0. The van der Waals surface area contributed by atoms with E-state index in [-0.39, 0.29) is 12.5 Å². The van der Waals surface area contributed by atoms with Crippen LogP contribution in [0.4, 0.5) is 10.1 Å². The van der Waals surface area contributed by atoms with Crippen LogP contribution in [-0.2, 0) is 4.74 Å². The highest BCUT2D eigenvalue weighted by atomic mass is 19.1. The van der Waals surface area contributed by atoms with Gasteiger partial charge in [-0.25, -0.2) is 4.39 Å². The molecule has 0 aliphatic carbocycles. The Balaban J connectivity index is 0.000000441. The predicted octanol–water partition coefficient (Wildman–Crippen LogP) is 3.11. The summed E-state index contributed by atoms with van der Waals surface area (Å²) in [6, 6.07) is 3.02. The van der Waals surface area contributed by atoms with Crippen LogP contribution in [0, 0.1) is 18.7 Å². The van der Waals surface area contributed by atoms with Crippen LogP contribution in [0.5, 0.6) is 5.75 Å². The molecule has 20 heavy (non-hydrogen) atoms. The number of methoxy groups -OCH3 is 1. The second kappa shape index (κ2) is 8.07. The van der Waals surface area contributed by atoms with Crippen LogP contribution < -0.4 is 10.5 Å². The molecule has 0 heterocycles. The Morgan fingerprint density at radius 3 is 2.25 bits per heavy atom. The Morgan fingerprint density at radius 1 is 1.35 bits per heavy atom. The van der Waals surface area contributed by atoms with Gasteiger partial charge in [0.25, 0.3) is 0 Å². The molecule has 0 radical (unpaired) electrons. The summed E-state index contributed by atoms with van der Waals surface area (Å²) < 4.78 is 22.8. The van der Waals surface area contributed by atoms with Crippen molar-refractivity contribution < 1.29 is 19.0 Å². The number of hydrogen-bond acceptors (Lipinski definition) is 4. The molecule has 116 valence electrons. The summed E-state index contributed by atoms with van der Waals surface area (Å²) in [6.45, 7) is 9.46. The Morgan fingerprint density at radius 2 is 1.85 bits per heavy atom. The Labute approximate surface area is 120 Å². The van der Waals surface area contributed by atoms with Crippen LogP contribution in [0.15, 0.2) is 12.1 Å². The maximum atomic E-state index is 13.0. The van der Waals surface area contributed by atoms with E-state index in [0.29, 0.717) is 11.7 Å². The van der Waals surface area contributed by atoms with E-state index in [2.05, 4.69) is 4.74 Å². The highest BCUT2D eigenvalue weighted by Crippen LogP contribution is 2.25. The van der Waals surface area contributed by atoms with E-state index in [0.717, 1.165) is 5.56 Å². The van der Waals surface area contributed by atoms with Gasteiger partial charge in [0.05, 0.1) is 5.60 Å². The van der Waals surface area contributed by atoms with E-state index >= 15 is 0 Å². The number of anilines is 1. The number of rotatable bonds is 4. The molecule has 0 spiro atoms. The first kappa shape index (κ1) is 18.7. The van der Waals surface area contributed by atoms with Crippen LogP contribution in [0.3, 0.4) is 0 Å². The topological polar surface area (TPSA) is 64.7 Å². The molecular formula is C15H26FNO3. The van der Waals surface area contributed by atoms with Crippen molar-refractivity contribution in [1.29, 1.82) is 0 Å². The molecule has 0 saturated carbocycles. The van der Waals surface area contributed by atoms with Gasteiger partial charge >= 0.3 is 0 Å². The molecule has 0 unspecified atom stereocenters. The van der Waals surface area contributed by atoms with E-state index in [9.17, 15) is 4.39 Å². The summed E-state index contributed by atoms with van der Waals surface area (Å²) in [7, 11) is 1.49. The fourth-order valence-electron chi connectivity index (χ4n) is 0.963. The van der Waals surface area contributed by atoms with Gasteiger partial charge in [-0.15, -0.1) is 0 Å². The van der Waals surface area contributed by atoms with Gasteiger partial charge in [-0.2, -0.15) is 0 Å². The third-order valence-electron chi connectivity index (χ3n) is 2.98. The number of aliphatic hydroxyl groups is 1. The summed E-state index contributed by atoms with van der Waals surface area (Å²) in [5.41, 5.74) is 5.71. The molecule has 0 aliphatic rings. The zero-order valence-electron chi connectivity index (χ0n) is 13.2. The first-order valence-electron chi connectivity index (χ1n) is 6.49. The van der Waals surface area contributed by atoms with E-state index in [4.69, 9.17) is 15.6 Å². The van der Waals surface area contributed by atoms with Crippen molar-refractivity contribution in [3.8, 4) is 5.75 Å². The first-order valence-corrected chi connectivity index (χ1v) is 6.49. The smallest absolute Gasteiger partial charge is 0.188 e. The predicted molar refractivity (Wildman–Crippen MR) is 79.2 cm³/mol. The van der Waals surface area contributed by atoms with Crippen LogP contribution in [-0.4, -0.2) is 24.6 Å². The number of ether oxygens (including phenoxy) is 2. The number of aryl methyl sites for hydroxylation is 1. The fourth-order valence-corrected chi connectivity index (χ4v) is 0.963. The minimum Gasteiger partial charge on any atom is -0.465 e. The summed E-state index contributed by atoms with van der Waals surface area (Å²) in [5.74, 6) is 0.206. The Kier molecular flexibility index (Phi) is 7.53. The molecule has 0 fully saturated rings. The standard InChI is InChI=1S/C9H12FNO2.C6H14O/c1-6-3-7(10)9(11)8(4-6)13-5-12-2;1-5(2)6(3,4)7/h3-4H,5,11H2,1-2H3;5,7H,1-4H3. The van der Waals surface area contributed by atoms with Crippen molar-refractivity contribution in [2.45, 2.75) is 40.2 Å². The first-order chi connectivity index (χ1) is 9.09. The highest BCUT2D eigenvalue weighted by Gasteiger charge is 2.16. The quantitative estimate of drug-likeness (QED) is 0.659. The third kappa shape index (κ3) is 6.73. The van der Waals surface area contributed by atoms with Crippen molar-refractivity contribution in [3.63, 3.8) is 0 Å². The lowest BCUT2D eigenvalue weighted by atomic mass is 9.95. The molecule has 5 heteroatoms. The summed E-state index contributed by atoms with van der Waals surface area (Å²) in [4.78, 5) is 0. The van der Waals surface area contributed by atoms with E-state index in [1.807, 2.05) is 27.7 Å². The van der Waals surface area contributed by atoms with Crippen molar-refractivity contribution in [3.05, 3.63) is 23.5 Å². The van der Waals surface area contributed by atoms with Gasteiger partial charge in [0.2, 0.25) is 0 Å². The zero-order chi connectivity index (χ0) is 15.9. The Bertz CT molecular complexity index is 414. The van der Waals surface area contributed by atoms with Crippen molar-refractivity contribution in [2.24, 2.45) is 5.92 Å². The number of nitrogen functional groups attached to an aromatic ring is 1. The highest BCUT2D eigenvalue weighted by molar-refractivity contribution is 5.55. The molecule has 0 atom stereocenters. The van der Waals surface area contributed by atoms with Gasteiger partial charge in [-0.05, 0) is 44.4 Å². The van der Waals surface area contributed by atoms with Crippen LogP contribution in [0.1, 0.15) is 33.3 Å². The maximum absolute atomic E-state index is 13.0. The van der Waals surface area contributed by atoms with Crippen LogP contribution in [0.2, 0.25) is 0 Å². The van der Waals surface area contributed by atoms with Crippen LogP contribution in [0.25, 0.3) is 0 Å². The van der Waals surface area contributed by atoms with Gasteiger partial charge in [0.15, 0.2) is 6.79 Å². The molecule has 3 N–H and O–H groups in total. The molecule has 0 amide bonds. The molecule has 1 aromatic rings. The molecule has 1 aromatic carbocycles. The minimum absolute atomic E-state index is 0.0163. The number of hydrogen-bond donors (Lipinski definition) is 2. The Hall–Kier alpha value is -1.33. The average molecular weight is 287 g/mol.